The number of aromatic nitrogens is 1. The van der Waals surface area contributed by atoms with E-state index in [1.165, 1.54) is 0 Å². The summed E-state index contributed by atoms with van der Waals surface area (Å²) in [6.45, 7) is 1.53. The van der Waals surface area contributed by atoms with Crippen molar-refractivity contribution in [3.63, 3.8) is 0 Å². The molecular formula is C15H19BrN2O2S. The molecule has 0 aliphatic carbocycles. The molecule has 2 aliphatic heterocycles. The molecule has 0 bridgehead atoms. The second-order valence-electron chi connectivity index (χ2n) is 5.48. The molecule has 2 atom stereocenters. The lowest BCUT2D eigenvalue weighted by Crippen LogP contribution is -2.44. The lowest BCUT2D eigenvalue weighted by molar-refractivity contribution is 0.0441. The van der Waals surface area contributed by atoms with Crippen molar-refractivity contribution >= 4 is 33.6 Å². The summed E-state index contributed by atoms with van der Waals surface area (Å²) < 4.78 is 6.48. The van der Waals surface area contributed by atoms with Crippen molar-refractivity contribution in [3.8, 4) is 0 Å². The number of ether oxygens (including phenoxy) is 1. The molecule has 4 nitrogen and oxygen atoms in total. The highest BCUT2D eigenvalue weighted by atomic mass is 79.9. The molecule has 3 rings (SSSR count). The fourth-order valence-corrected chi connectivity index (χ4v) is 4.30. The van der Waals surface area contributed by atoms with Crippen LogP contribution in [0.5, 0.6) is 0 Å². The minimum Gasteiger partial charge on any atom is -0.376 e. The van der Waals surface area contributed by atoms with Gasteiger partial charge in [0.2, 0.25) is 0 Å². The van der Waals surface area contributed by atoms with Crippen LogP contribution in [0.1, 0.15) is 29.6 Å². The van der Waals surface area contributed by atoms with Gasteiger partial charge >= 0.3 is 0 Å². The van der Waals surface area contributed by atoms with Crippen LogP contribution in [-0.2, 0) is 4.74 Å². The standard InChI is InChI=1S/C15H19BrN2O2S/c16-14-4-3-11(8-17-14)15(19)18(12-5-7-21-10-12)9-13-2-1-6-20-13/h3-4,8,12-13H,1-2,5-7,9-10H2. The number of hydrogen-bond acceptors (Lipinski definition) is 4. The first kappa shape index (κ1) is 15.3. The first-order chi connectivity index (χ1) is 10.2. The fourth-order valence-electron chi connectivity index (χ4n) is 2.84. The number of carbonyl (C=O) groups excluding carboxylic acids is 1. The summed E-state index contributed by atoms with van der Waals surface area (Å²) in [5.41, 5.74) is 0.660. The molecular weight excluding hydrogens is 352 g/mol. The largest absolute Gasteiger partial charge is 0.376 e. The van der Waals surface area contributed by atoms with Gasteiger partial charge in [0.15, 0.2) is 0 Å². The predicted molar refractivity (Wildman–Crippen MR) is 87.7 cm³/mol. The van der Waals surface area contributed by atoms with E-state index in [1.807, 2.05) is 28.8 Å². The second kappa shape index (κ2) is 7.11. The summed E-state index contributed by atoms with van der Waals surface area (Å²) in [5, 5.41) is 0. The molecule has 0 saturated carbocycles. The summed E-state index contributed by atoms with van der Waals surface area (Å²) in [4.78, 5) is 19.0. The molecule has 2 saturated heterocycles. The average molecular weight is 371 g/mol. The molecule has 0 N–H and O–H groups in total. The van der Waals surface area contributed by atoms with E-state index in [9.17, 15) is 4.79 Å². The number of halogens is 1. The molecule has 21 heavy (non-hydrogen) atoms. The third-order valence-electron chi connectivity index (χ3n) is 4.01. The Bertz CT molecular complexity index is 485. The van der Waals surface area contributed by atoms with E-state index in [2.05, 4.69) is 20.9 Å². The van der Waals surface area contributed by atoms with Crippen molar-refractivity contribution in [3.05, 3.63) is 28.5 Å². The van der Waals surface area contributed by atoms with E-state index < -0.39 is 0 Å². The van der Waals surface area contributed by atoms with Gasteiger partial charge in [-0.05, 0) is 53.1 Å². The van der Waals surface area contributed by atoms with Gasteiger partial charge in [-0.2, -0.15) is 11.8 Å². The van der Waals surface area contributed by atoms with Crippen LogP contribution in [0.3, 0.4) is 0 Å². The molecule has 1 aromatic rings. The Labute approximate surface area is 137 Å². The normalized spacial score (nSPS) is 25.2. The minimum atomic E-state index is 0.0815. The van der Waals surface area contributed by atoms with Crippen LogP contribution in [-0.4, -0.2) is 52.6 Å². The summed E-state index contributed by atoms with van der Waals surface area (Å²) in [7, 11) is 0. The van der Waals surface area contributed by atoms with Crippen LogP contribution in [0, 0.1) is 0 Å². The SMILES string of the molecule is O=C(c1ccc(Br)nc1)N(CC1CCCO1)C1CCSC1. The lowest BCUT2D eigenvalue weighted by atomic mass is 10.1. The topological polar surface area (TPSA) is 42.4 Å². The van der Waals surface area contributed by atoms with Gasteiger partial charge in [-0.1, -0.05) is 0 Å². The summed E-state index contributed by atoms with van der Waals surface area (Å²) >= 11 is 5.24. The van der Waals surface area contributed by atoms with Crippen molar-refractivity contribution in [2.45, 2.75) is 31.4 Å². The number of pyridine rings is 1. The van der Waals surface area contributed by atoms with Gasteiger partial charge in [0.25, 0.3) is 5.91 Å². The van der Waals surface area contributed by atoms with Crippen LogP contribution in [0.25, 0.3) is 0 Å². The molecule has 2 aliphatic rings. The maximum absolute atomic E-state index is 12.8. The van der Waals surface area contributed by atoms with E-state index in [-0.39, 0.29) is 12.0 Å². The molecule has 0 spiro atoms. The van der Waals surface area contributed by atoms with Crippen LogP contribution >= 0.6 is 27.7 Å². The first-order valence-corrected chi connectivity index (χ1v) is 9.30. The van der Waals surface area contributed by atoms with Crippen LogP contribution in [0.15, 0.2) is 22.9 Å². The number of carbonyl (C=O) groups is 1. The Morgan fingerprint density at radius 1 is 1.48 bits per heavy atom. The van der Waals surface area contributed by atoms with Gasteiger partial charge in [0.1, 0.15) is 4.60 Å². The highest BCUT2D eigenvalue weighted by Gasteiger charge is 2.31. The molecule has 0 radical (unpaired) electrons. The fraction of sp³-hybridized carbons (Fsp3) is 0.600. The predicted octanol–water partition coefficient (Wildman–Crippen LogP) is 2.97. The smallest absolute Gasteiger partial charge is 0.255 e. The molecule has 6 heteroatoms. The Kier molecular flexibility index (Phi) is 5.19. The second-order valence-corrected chi connectivity index (χ2v) is 7.44. The van der Waals surface area contributed by atoms with E-state index >= 15 is 0 Å². The van der Waals surface area contributed by atoms with E-state index in [0.29, 0.717) is 18.2 Å². The van der Waals surface area contributed by atoms with Crippen molar-refractivity contribution in [2.24, 2.45) is 0 Å². The molecule has 114 valence electrons. The molecule has 1 amide bonds. The number of nitrogens with zero attached hydrogens (tertiary/aromatic N) is 2. The Hall–Kier alpha value is -0.590. The average Bonchev–Trinajstić information content (AvgIpc) is 3.18. The zero-order valence-corrected chi connectivity index (χ0v) is 14.2. The van der Waals surface area contributed by atoms with Gasteiger partial charge in [-0.25, -0.2) is 4.98 Å². The highest BCUT2D eigenvalue weighted by Crippen LogP contribution is 2.26. The summed E-state index contributed by atoms with van der Waals surface area (Å²) in [6.07, 6.45) is 5.08. The molecule has 2 unspecified atom stereocenters. The number of thioether (sulfide) groups is 1. The van der Waals surface area contributed by atoms with E-state index in [1.54, 1.807) is 6.20 Å². The Morgan fingerprint density at radius 3 is 3.00 bits per heavy atom. The Morgan fingerprint density at radius 2 is 2.38 bits per heavy atom. The van der Waals surface area contributed by atoms with Gasteiger partial charge in [0, 0.05) is 31.1 Å². The van der Waals surface area contributed by atoms with E-state index in [4.69, 9.17) is 4.74 Å². The highest BCUT2D eigenvalue weighted by molar-refractivity contribution is 9.10. The molecule has 1 aromatic heterocycles. The van der Waals surface area contributed by atoms with Crippen LogP contribution in [0.4, 0.5) is 0 Å². The maximum atomic E-state index is 12.8. The number of hydrogen-bond donors (Lipinski definition) is 0. The van der Waals surface area contributed by atoms with Crippen LogP contribution < -0.4 is 0 Å². The van der Waals surface area contributed by atoms with Gasteiger partial charge in [0.05, 0.1) is 11.7 Å². The monoisotopic (exact) mass is 370 g/mol. The first-order valence-electron chi connectivity index (χ1n) is 7.36. The van der Waals surface area contributed by atoms with Crippen molar-refractivity contribution in [1.29, 1.82) is 0 Å². The van der Waals surface area contributed by atoms with Gasteiger partial charge in [-0.15, -0.1) is 0 Å². The third kappa shape index (κ3) is 3.79. The van der Waals surface area contributed by atoms with Gasteiger partial charge < -0.3 is 9.64 Å². The quantitative estimate of drug-likeness (QED) is 0.764. The zero-order valence-electron chi connectivity index (χ0n) is 11.8. The number of amides is 1. The van der Waals surface area contributed by atoms with Crippen molar-refractivity contribution in [2.75, 3.05) is 24.7 Å². The molecule has 3 heterocycles. The molecule has 2 fully saturated rings. The third-order valence-corrected chi connectivity index (χ3v) is 5.62. The maximum Gasteiger partial charge on any atom is 0.255 e. The summed E-state index contributed by atoms with van der Waals surface area (Å²) in [6, 6.07) is 3.99. The van der Waals surface area contributed by atoms with Crippen LogP contribution in [0.2, 0.25) is 0 Å². The number of rotatable bonds is 4. The molecule has 0 aromatic carbocycles. The summed E-state index contributed by atoms with van der Waals surface area (Å²) in [5.74, 6) is 2.25. The van der Waals surface area contributed by atoms with Gasteiger partial charge in [-0.3, -0.25) is 4.79 Å². The Balaban J connectivity index is 1.76. The van der Waals surface area contributed by atoms with E-state index in [0.717, 1.165) is 42.0 Å². The minimum absolute atomic E-state index is 0.0815. The van der Waals surface area contributed by atoms with Crippen molar-refractivity contribution in [1.82, 2.24) is 9.88 Å². The van der Waals surface area contributed by atoms with Crippen molar-refractivity contribution < 1.29 is 9.53 Å². The lowest BCUT2D eigenvalue weighted by Gasteiger charge is -2.30. The zero-order chi connectivity index (χ0) is 14.7.